The van der Waals surface area contributed by atoms with Crippen LogP contribution in [0.4, 0.5) is 0 Å². The summed E-state index contributed by atoms with van der Waals surface area (Å²) < 4.78 is 0. The second-order valence-corrected chi connectivity index (χ2v) is 7.42. The molecule has 1 unspecified atom stereocenters. The predicted molar refractivity (Wildman–Crippen MR) is 69.0 cm³/mol. The average Bonchev–Trinajstić information content (AvgIpc) is 1.96. The fourth-order valence-corrected chi connectivity index (χ4v) is 3.74. The predicted octanol–water partition coefficient (Wildman–Crippen LogP) is 4.30. The van der Waals surface area contributed by atoms with Crippen LogP contribution >= 0.6 is 23.5 Å². The maximum Gasteiger partial charge on any atom is 0.0112 e. The monoisotopic (exact) mass is 220 g/mol. The van der Waals surface area contributed by atoms with Crippen LogP contribution in [-0.2, 0) is 0 Å². The first kappa shape index (κ1) is 13.7. The summed E-state index contributed by atoms with van der Waals surface area (Å²) in [6.45, 7) is 11.5. The summed E-state index contributed by atoms with van der Waals surface area (Å²) in [5, 5.41) is 1.60. The van der Waals surface area contributed by atoms with Crippen molar-refractivity contribution in [2.75, 3.05) is 11.5 Å². The maximum absolute atomic E-state index is 2.34. The van der Waals surface area contributed by atoms with E-state index < -0.39 is 0 Å². The lowest BCUT2D eigenvalue weighted by molar-refractivity contribution is 0.632. The quantitative estimate of drug-likeness (QED) is 0.587. The van der Waals surface area contributed by atoms with Crippen molar-refractivity contribution in [2.45, 2.75) is 51.5 Å². The van der Waals surface area contributed by atoms with Gasteiger partial charge in [0.25, 0.3) is 0 Å². The molecule has 0 nitrogen and oxygen atoms in total. The maximum atomic E-state index is 2.34. The molecule has 0 bridgehead atoms. The van der Waals surface area contributed by atoms with Gasteiger partial charge >= 0.3 is 0 Å². The Kier molecular flexibility index (Phi) is 8.48. The molecule has 0 rings (SSSR count). The molecule has 0 radical (unpaired) electrons. The Morgan fingerprint density at radius 3 is 2.08 bits per heavy atom. The molecule has 13 heavy (non-hydrogen) atoms. The van der Waals surface area contributed by atoms with Crippen LogP contribution in [-0.4, -0.2) is 22.0 Å². The Morgan fingerprint density at radius 1 is 1.00 bits per heavy atom. The van der Waals surface area contributed by atoms with E-state index in [4.69, 9.17) is 0 Å². The number of hydrogen-bond donors (Lipinski definition) is 0. The Bertz CT molecular complexity index is 111. The Balaban J connectivity index is 3.22. The van der Waals surface area contributed by atoms with Crippen molar-refractivity contribution in [3.63, 3.8) is 0 Å². The molecular weight excluding hydrogens is 196 g/mol. The van der Waals surface area contributed by atoms with E-state index in [-0.39, 0.29) is 0 Å². The van der Waals surface area contributed by atoms with Gasteiger partial charge in [0.2, 0.25) is 0 Å². The van der Waals surface area contributed by atoms with Crippen LogP contribution in [0.25, 0.3) is 0 Å². The second kappa shape index (κ2) is 8.05. The second-order valence-electron chi connectivity index (χ2n) is 4.25. The highest BCUT2D eigenvalue weighted by atomic mass is 32.2. The van der Waals surface area contributed by atoms with E-state index in [1.54, 1.807) is 0 Å². The summed E-state index contributed by atoms with van der Waals surface area (Å²) in [4.78, 5) is 0. The molecule has 80 valence electrons. The molecule has 0 saturated heterocycles. The topological polar surface area (TPSA) is 0 Å². The minimum Gasteiger partial charge on any atom is -0.161 e. The van der Waals surface area contributed by atoms with Crippen molar-refractivity contribution in [3.8, 4) is 0 Å². The van der Waals surface area contributed by atoms with Crippen LogP contribution in [0.2, 0.25) is 0 Å². The van der Waals surface area contributed by atoms with Gasteiger partial charge in [-0.2, -0.15) is 23.5 Å². The molecule has 2 heteroatoms. The van der Waals surface area contributed by atoms with Crippen molar-refractivity contribution in [1.29, 1.82) is 0 Å². The smallest absolute Gasteiger partial charge is 0.0112 e. The van der Waals surface area contributed by atoms with Crippen molar-refractivity contribution < 1.29 is 0 Å². The van der Waals surface area contributed by atoms with Gasteiger partial charge in [-0.05, 0) is 23.3 Å². The summed E-state index contributed by atoms with van der Waals surface area (Å²) in [6, 6.07) is 0. The first-order valence-corrected chi connectivity index (χ1v) is 7.35. The third kappa shape index (κ3) is 10.6. The fraction of sp³-hybridized carbons (Fsp3) is 1.00. The first-order valence-electron chi connectivity index (χ1n) is 5.25. The van der Waals surface area contributed by atoms with Gasteiger partial charge in [-0.1, -0.05) is 34.6 Å². The molecule has 0 heterocycles. The minimum absolute atomic E-state index is 0.778. The number of rotatable bonds is 7. The summed E-state index contributed by atoms with van der Waals surface area (Å²) >= 11 is 4.20. The lowest BCUT2D eigenvalue weighted by Gasteiger charge is -2.13. The van der Waals surface area contributed by atoms with E-state index in [1.807, 2.05) is 0 Å². The number of hydrogen-bond acceptors (Lipinski definition) is 2. The van der Waals surface area contributed by atoms with Crippen LogP contribution < -0.4 is 0 Å². The average molecular weight is 220 g/mol. The van der Waals surface area contributed by atoms with Gasteiger partial charge in [0.1, 0.15) is 0 Å². The van der Waals surface area contributed by atoms with Gasteiger partial charge in [0.15, 0.2) is 0 Å². The molecule has 0 aromatic heterocycles. The third-order valence-electron chi connectivity index (χ3n) is 1.70. The van der Waals surface area contributed by atoms with Gasteiger partial charge in [-0.15, -0.1) is 0 Å². The zero-order valence-electron chi connectivity index (χ0n) is 9.67. The van der Waals surface area contributed by atoms with Gasteiger partial charge in [0, 0.05) is 11.0 Å². The van der Waals surface area contributed by atoms with Crippen molar-refractivity contribution >= 4 is 23.5 Å². The Morgan fingerprint density at radius 2 is 1.62 bits per heavy atom. The van der Waals surface area contributed by atoms with Crippen molar-refractivity contribution in [3.05, 3.63) is 0 Å². The highest BCUT2D eigenvalue weighted by Crippen LogP contribution is 2.21. The molecule has 0 aliphatic heterocycles. The first-order chi connectivity index (χ1) is 6.02. The van der Waals surface area contributed by atoms with Crippen molar-refractivity contribution in [1.82, 2.24) is 0 Å². The third-order valence-corrected chi connectivity index (χ3v) is 4.34. The highest BCUT2D eigenvalue weighted by Gasteiger charge is 2.05. The van der Waals surface area contributed by atoms with E-state index in [0.717, 1.165) is 16.4 Å². The van der Waals surface area contributed by atoms with Crippen molar-refractivity contribution in [2.24, 2.45) is 5.92 Å². The molecule has 0 aliphatic rings. The van der Waals surface area contributed by atoms with Gasteiger partial charge in [-0.3, -0.25) is 0 Å². The van der Waals surface area contributed by atoms with Crippen LogP contribution in [0.5, 0.6) is 0 Å². The Hall–Kier alpha value is 0.700. The van der Waals surface area contributed by atoms with E-state index in [9.17, 15) is 0 Å². The van der Waals surface area contributed by atoms with E-state index in [1.165, 1.54) is 17.9 Å². The zero-order chi connectivity index (χ0) is 10.3. The molecule has 0 aromatic rings. The normalized spacial score (nSPS) is 14.1. The van der Waals surface area contributed by atoms with Gasteiger partial charge in [-0.25, -0.2) is 0 Å². The standard InChI is InChI=1S/C11H24S2/c1-9(2)6-7-12-8-11(5)13-10(3)4/h9-11H,6-8H2,1-5H3. The lowest BCUT2D eigenvalue weighted by Crippen LogP contribution is -2.05. The fourth-order valence-electron chi connectivity index (χ4n) is 1.07. The molecule has 0 aliphatic carbocycles. The molecular formula is C11H24S2. The number of thioether (sulfide) groups is 2. The van der Waals surface area contributed by atoms with Crippen LogP contribution in [0.15, 0.2) is 0 Å². The zero-order valence-corrected chi connectivity index (χ0v) is 11.3. The Labute approximate surface area is 92.6 Å². The summed E-state index contributed by atoms with van der Waals surface area (Å²) in [7, 11) is 0. The lowest BCUT2D eigenvalue weighted by atomic mass is 10.2. The molecule has 1 atom stereocenters. The summed E-state index contributed by atoms with van der Waals surface area (Å²) in [5.41, 5.74) is 0. The largest absolute Gasteiger partial charge is 0.161 e. The molecule has 0 aromatic carbocycles. The minimum atomic E-state index is 0.778. The summed E-state index contributed by atoms with van der Waals surface area (Å²) in [5.74, 6) is 3.51. The SMILES string of the molecule is CC(C)CCSCC(C)SC(C)C. The molecule has 0 spiro atoms. The van der Waals surface area contributed by atoms with Gasteiger partial charge in [0.05, 0.1) is 0 Å². The summed E-state index contributed by atoms with van der Waals surface area (Å²) in [6.07, 6.45) is 1.36. The molecule has 0 saturated carbocycles. The van der Waals surface area contributed by atoms with Gasteiger partial charge < -0.3 is 0 Å². The molecule has 0 N–H and O–H groups in total. The highest BCUT2D eigenvalue weighted by molar-refractivity contribution is 8.03. The van der Waals surface area contributed by atoms with E-state index in [0.29, 0.717) is 0 Å². The van der Waals surface area contributed by atoms with E-state index >= 15 is 0 Å². The van der Waals surface area contributed by atoms with E-state index in [2.05, 4.69) is 58.1 Å². The van der Waals surface area contributed by atoms with Crippen LogP contribution in [0, 0.1) is 5.92 Å². The molecule has 0 fully saturated rings. The van der Waals surface area contributed by atoms with Crippen LogP contribution in [0.1, 0.15) is 41.0 Å². The van der Waals surface area contributed by atoms with Crippen LogP contribution in [0.3, 0.4) is 0 Å². The molecule has 0 amide bonds.